The Morgan fingerprint density at radius 3 is 2.47 bits per heavy atom. The molecule has 4 nitrogen and oxygen atoms in total. The van der Waals surface area contributed by atoms with E-state index < -0.39 is 0 Å². The highest BCUT2D eigenvalue weighted by atomic mass is 15.3. The van der Waals surface area contributed by atoms with Crippen molar-refractivity contribution in [1.29, 1.82) is 0 Å². The van der Waals surface area contributed by atoms with Gasteiger partial charge in [0, 0.05) is 5.69 Å². The fourth-order valence-electron chi connectivity index (χ4n) is 1.87. The van der Waals surface area contributed by atoms with Gasteiger partial charge in [-0.2, -0.15) is 0 Å². The van der Waals surface area contributed by atoms with E-state index in [0.29, 0.717) is 5.82 Å². The van der Waals surface area contributed by atoms with E-state index in [1.54, 1.807) is 0 Å². The number of pyridine rings is 1. The number of nitrogens with one attached hydrogen (secondary N) is 2. The molecule has 19 heavy (non-hydrogen) atoms. The summed E-state index contributed by atoms with van der Waals surface area (Å²) in [7, 11) is 0. The minimum absolute atomic E-state index is 0.643. The maximum atomic E-state index is 5.34. The van der Waals surface area contributed by atoms with E-state index in [1.807, 2.05) is 18.2 Å². The van der Waals surface area contributed by atoms with Gasteiger partial charge >= 0.3 is 0 Å². The molecule has 0 radical (unpaired) electrons. The third kappa shape index (κ3) is 3.96. The Morgan fingerprint density at radius 2 is 1.79 bits per heavy atom. The van der Waals surface area contributed by atoms with E-state index in [9.17, 15) is 0 Å². The average Bonchev–Trinajstić information content (AvgIpc) is 2.47. The first-order chi connectivity index (χ1) is 9.31. The predicted molar refractivity (Wildman–Crippen MR) is 80.4 cm³/mol. The Kier molecular flexibility index (Phi) is 4.75. The number of nitrogens with zero attached hydrogens (tertiary/aromatic N) is 1. The molecule has 0 unspecified atom stereocenters. The molecular weight excluding hydrogens is 236 g/mol. The molecule has 0 aliphatic heterocycles. The van der Waals surface area contributed by atoms with E-state index in [2.05, 4.69) is 46.9 Å². The Balaban J connectivity index is 2.02. The van der Waals surface area contributed by atoms with E-state index in [4.69, 9.17) is 5.84 Å². The lowest BCUT2D eigenvalue weighted by Gasteiger charge is -2.08. The van der Waals surface area contributed by atoms with Crippen LogP contribution in [0.5, 0.6) is 0 Å². The first kappa shape index (κ1) is 13.4. The van der Waals surface area contributed by atoms with Crippen molar-refractivity contribution in [3.8, 4) is 0 Å². The zero-order valence-electron chi connectivity index (χ0n) is 11.2. The normalized spacial score (nSPS) is 10.2. The van der Waals surface area contributed by atoms with Gasteiger partial charge < -0.3 is 10.7 Å². The Bertz CT molecular complexity index is 508. The molecule has 2 rings (SSSR count). The van der Waals surface area contributed by atoms with Crippen LogP contribution in [0.15, 0.2) is 42.5 Å². The summed E-state index contributed by atoms with van der Waals surface area (Å²) in [5.74, 6) is 6.76. The van der Waals surface area contributed by atoms with Crippen LogP contribution in [-0.4, -0.2) is 4.98 Å². The van der Waals surface area contributed by atoms with Crippen molar-refractivity contribution in [2.24, 2.45) is 5.84 Å². The lowest BCUT2D eigenvalue weighted by atomic mass is 10.1. The predicted octanol–water partition coefficient (Wildman–Crippen LogP) is 3.45. The third-order valence-electron chi connectivity index (χ3n) is 2.94. The number of benzene rings is 1. The molecule has 0 atom stereocenters. The molecule has 0 fully saturated rings. The summed E-state index contributed by atoms with van der Waals surface area (Å²) in [6, 6.07) is 14.1. The molecule has 0 saturated heterocycles. The standard InChI is InChI=1S/C15H20N4/c1-2-3-5-12-8-10-13(11-9-12)17-14-6-4-7-15(18-14)19-16/h4,6-11H,2-3,5,16H2,1H3,(H2,17,18,19). The van der Waals surface area contributed by atoms with Crippen LogP contribution in [0.4, 0.5) is 17.3 Å². The van der Waals surface area contributed by atoms with Crippen LogP contribution in [0.3, 0.4) is 0 Å². The number of nitrogen functional groups attached to an aromatic ring is 1. The monoisotopic (exact) mass is 256 g/mol. The highest BCUT2D eigenvalue weighted by Crippen LogP contribution is 2.17. The molecule has 0 amide bonds. The lowest BCUT2D eigenvalue weighted by molar-refractivity contribution is 0.795. The SMILES string of the molecule is CCCCc1ccc(Nc2cccc(NN)n2)cc1. The zero-order chi connectivity index (χ0) is 13.5. The van der Waals surface area contributed by atoms with Gasteiger partial charge in [-0.3, -0.25) is 0 Å². The van der Waals surface area contributed by atoms with Crippen molar-refractivity contribution in [2.45, 2.75) is 26.2 Å². The van der Waals surface area contributed by atoms with Gasteiger partial charge in [-0.15, -0.1) is 0 Å². The molecule has 0 saturated carbocycles. The van der Waals surface area contributed by atoms with Crippen molar-refractivity contribution in [3.63, 3.8) is 0 Å². The molecule has 1 heterocycles. The minimum atomic E-state index is 0.643. The fourth-order valence-corrected chi connectivity index (χ4v) is 1.87. The smallest absolute Gasteiger partial charge is 0.142 e. The number of hydrogen-bond donors (Lipinski definition) is 3. The maximum absolute atomic E-state index is 5.34. The number of hydrogen-bond acceptors (Lipinski definition) is 4. The largest absolute Gasteiger partial charge is 0.340 e. The van der Waals surface area contributed by atoms with Crippen LogP contribution in [0.1, 0.15) is 25.3 Å². The first-order valence-electron chi connectivity index (χ1n) is 6.61. The van der Waals surface area contributed by atoms with Crippen LogP contribution in [0.25, 0.3) is 0 Å². The fraction of sp³-hybridized carbons (Fsp3) is 0.267. The summed E-state index contributed by atoms with van der Waals surface area (Å²) in [5, 5.41) is 3.26. The summed E-state index contributed by atoms with van der Waals surface area (Å²) in [5.41, 5.74) is 4.94. The maximum Gasteiger partial charge on any atom is 0.142 e. The van der Waals surface area contributed by atoms with E-state index in [1.165, 1.54) is 18.4 Å². The summed E-state index contributed by atoms with van der Waals surface area (Å²) >= 11 is 0. The van der Waals surface area contributed by atoms with E-state index in [0.717, 1.165) is 17.9 Å². The van der Waals surface area contributed by atoms with Crippen molar-refractivity contribution in [2.75, 3.05) is 10.7 Å². The molecule has 4 N–H and O–H groups in total. The van der Waals surface area contributed by atoms with Crippen LogP contribution in [0, 0.1) is 0 Å². The molecule has 0 spiro atoms. The molecule has 2 aromatic rings. The Hall–Kier alpha value is -2.07. The number of aromatic nitrogens is 1. The molecule has 0 aliphatic carbocycles. The average molecular weight is 256 g/mol. The lowest BCUT2D eigenvalue weighted by Crippen LogP contribution is -2.08. The molecular formula is C15H20N4. The molecule has 1 aromatic carbocycles. The quantitative estimate of drug-likeness (QED) is 0.547. The van der Waals surface area contributed by atoms with E-state index >= 15 is 0 Å². The van der Waals surface area contributed by atoms with Crippen LogP contribution >= 0.6 is 0 Å². The van der Waals surface area contributed by atoms with Gasteiger partial charge in [-0.1, -0.05) is 31.5 Å². The summed E-state index contributed by atoms with van der Waals surface area (Å²) in [4.78, 5) is 4.31. The van der Waals surface area contributed by atoms with Gasteiger partial charge in [0.2, 0.25) is 0 Å². The van der Waals surface area contributed by atoms with Gasteiger partial charge in [0.15, 0.2) is 0 Å². The summed E-state index contributed by atoms with van der Waals surface area (Å²) in [6.07, 6.45) is 3.60. The number of hydrazine groups is 1. The zero-order valence-corrected chi connectivity index (χ0v) is 11.2. The number of nitrogens with two attached hydrogens (primary N) is 1. The third-order valence-corrected chi connectivity index (χ3v) is 2.94. The van der Waals surface area contributed by atoms with Crippen molar-refractivity contribution in [3.05, 3.63) is 48.0 Å². The molecule has 0 bridgehead atoms. The number of rotatable bonds is 6. The molecule has 0 aliphatic rings. The van der Waals surface area contributed by atoms with Crippen molar-refractivity contribution in [1.82, 2.24) is 4.98 Å². The van der Waals surface area contributed by atoms with Gasteiger partial charge in [0.05, 0.1) is 0 Å². The number of anilines is 3. The van der Waals surface area contributed by atoms with Gasteiger partial charge in [0.1, 0.15) is 11.6 Å². The second kappa shape index (κ2) is 6.75. The van der Waals surface area contributed by atoms with Gasteiger partial charge in [-0.05, 0) is 42.7 Å². The molecule has 100 valence electrons. The van der Waals surface area contributed by atoms with Crippen molar-refractivity contribution < 1.29 is 0 Å². The molecule has 1 aromatic heterocycles. The second-order valence-electron chi connectivity index (χ2n) is 4.48. The Morgan fingerprint density at radius 1 is 1.05 bits per heavy atom. The highest BCUT2D eigenvalue weighted by Gasteiger charge is 1.98. The van der Waals surface area contributed by atoms with Crippen molar-refractivity contribution >= 4 is 17.3 Å². The topological polar surface area (TPSA) is 63.0 Å². The second-order valence-corrected chi connectivity index (χ2v) is 4.48. The summed E-state index contributed by atoms with van der Waals surface area (Å²) in [6.45, 7) is 2.21. The van der Waals surface area contributed by atoms with Crippen LogP contribution in [-0.2, 0) is 6.42 Å². The van der Waals surface area contributed by atoms with E-state index in [-0.39, 0.29) is 0 Å². The minimum Gasteiger partial charge on any atom is -0.340 e. The summed E-state index contributed by atoms with van der Waals surface area (Å²) < 4.78 is 0. The first-order valence-corrected chi connectivity index (χ1v) is 6.61. The van der Waals surface area contributed by atoms with Gasteiger partial charge in [-0.25, -0.2) is 10.8 Å². The molecule has 4 heteroatoms. The number of aryl methyl sites for hydroxylation is 1. The van der Waals surface area contributed by atoms with Gasteiger partial charge in [0.25, 0.3) is 0 Å². The number of unbranched alkanes of at least 4 members (excludes halogenated alkanes) is 1. The van der Waals surface area contributed by atoms with Crippen LogP contribution in [0.2, 0.25) is 0 Å². The van der Waals surface area contributed by atoms with Crippen LogP contribution < -0.4 is 16.6 Å². The highest BCUT2D eigenvalue weighted by molar-refractivity contribution is 5.58. The Labute approximate surface area is 114 Å².